The van der Waals surface area contributed by atoms with E-state index in [9.17, 15) is 14.7 Å². The first kappa shape index (κ1) is 31.6. The van der Waals surface area contributed by atoms with Crippen LogP contribution in [0.4, 0.5) is 5.69 Å². The number of anilines is 1. The number of nitrogens with zero attached hydrogens (tertiary/aromatic N) is 2. The van der Waals surface area contributed by atoms with Crippen molar-refractivity contribution in [1.29, 1.82) is 0 Å². The summed E-state index contributed by atoms with van der Waals surface area (Å²) in [5.41, 5.74) is 1.42. The Hall–Kier alpha value is -3.40. The molecule has 2 amide bonds. The molecule has 7 atom stereocenters. The number of rotatable bonds is 12. The average molecular weight is 690 g/mol. The number of allylic oxidation sites excluding steroid dienone is 1. The Morgan fingerprint density at radius 1 is 1.09 bits per heavy atom. The lowest BCUT2D eigenvalue weighted by atomic mass is 9.71. The zero-order chi connectivity index (χ0) is 31.7. The number of fused-ring (bicyclic) bond motifs is 2. The molecule has 3 aliphatic rings. The Morgan fingerprint density at radius 2 is 1.82 bits per heavy atom. The number of amides is 2. The van der Waals surface area contributed by atoms with Crippen LogP contribution in [0.5, 0.6) is 0 Å². The van der Waals surface area contributed by atoms with Crippen LogP contribution < -0.4 is 4.90 Å². The van der Waals surface area contributed by atoms with Gasteiger partial charge >= 0.3 is 5.97 Å². The van der Waals surface area contributed by atoms with Gasteiger partial charge in [0.15, 0.2) is 0 Å². The van der Waals surface area contributed by atoms with Gasteiger partial charge in [0.05, 0.1) is 35.8 Å². The van der Waals surface area contributed by atoms with Crippen molar-refractivity contribution in [2.75, 3.05) is 24.7 Å². The summed E-state index contributed by atoms with van der Waals surface area (Å²) in [6.07, 6.45) is 5.36. The highest BCUT2D eigenvalue weighted by Crippen LogP contribution is 2.68. The molecule has 6 rings (SSSR count). The van der Waals surface area contributed by atoms with Crippen LogP contribution in [0.15, 0.2) is 98.1 Å². The Balaban J connectivity index is 1.45. The molecule has 3 saturated heterocycles. The monoisotopic (exact) mass is 688 g/mol. The highest BCUT2D eigenvalue weighted by molar-refractivity contribution is 9.09. The van der Waals surface area contributed by atoms with E-state index < -0.39 is 34.6 Å². The number of hydrogen-bond acceptors (Lipinski definition) is 6. The first-order chi connectivity index (χ1) is 21.9. The van der Waals surface area contributed by atoms with Gasteiger partial charge in [0.25, 0.3) is 5.91 Å². The van der Waals surface area contributed by atoms with Crippen LogP contribution >= 0.6 is 27.7 Å². The lowest BCUT2D eigenvalue weighted by Gasteiger charge is -2.40. The molecule has 45 heavy (non-hydrogen) atoms. The number of esters is 1. The van der Waals surface area contributed by atoms with E-state index in [1.165, 1.54) is 0 Å². The van der Waals surface area contributed by atoms with Gasteiger partial charge in [-0.2, -0.15) is 0 Å². The Kier molecular flexibility index (Phi) is 9.22. The zero-order valence-corrected chi connectivity index (χ0v) is 27.4. The third kappa shape index (κ3) is 5.42. The number of unbranched alkanes of at least 4 members (excludes halogenated alkanes) is 1. The molecule has 3 aliphatic heterocycles. The molecule has 3 aromatic rings. The fourth-order valence-corrected chi connectivity index (χ4v) is 11.0. The SMILES string of the molecule is C=CCCCOC(=O)[C@H]1[C@H]2C(=O)N([C@H](CO)c3ccccc3)C(C(=O)N(CC=C)c3ccc4ccccc4c3)C23CC(Br)[C@@H]1S3. The van der Waals surface area contributed by atoms with Gasteiger partial charge in [0.1, 0.15) is 6.04 Å². The number of aliphatic hydroxyl groups is 1. The summed E-state index contributed by atoms with van der Waals surface area (Å²) < 4.78 is 4.84. The van der Waals surface area contributed by atoms with Crippen molar-refractivity contribution >= 4 is 61.9 Å². The minimum atomic E-state index is -0.938. The third-order valence-electron chi connectivity index (χ3n) is 9.35. The molecular weight excluding hydrogens is 652 g/mol. The van der Waals surface area contributed by atoms with Gasteiger partial charge in [0, 0.05) is 22.3 Å². The van der Waals surface area contributed by atoms with Crippen LogP contribution in [-0.4, -0.2) is 68.4 Å². The number of thioether (sulfide) groups is 1. The molecule has 3 fully saturated rings. The summed E-state index contributed by atoms with van der Waals surface area (Å²) in [5, 5.41) is 12.6. The maximum Gasteiger partial charge on any atom is 0.310 e. The third-order valence-corrected chi connectivity index (χ3v) is 12.6. The molecule has 7 nitrogen and oxygen atoms in total. The second-order valence-corrected chi connectivity index (χ2v) is 14.6. The summed E-state index contributed by atoms with van der Waals surface area (Å²) in [6.45, 7) is 7.77. The van der Waals surface area contributed by atoms with Gasteiger partial charge < -0.3 is 19.6 Å². The van der Waals surface area contributed by atoms with Crippen LogP contribution in [0, 0.1) is 11.8 Å². The molecule has 2 bridgehead atoms. The number of alkyl halides is 1. The van der Waals surface area contributed by atoms with Crippen molar-refractivity contribution in [2.24, 2.45) is 11.8 Å². The first-order valence-electron chi connectivity index (χ1n) is 15.3. The minimum absolute atomic E-state index is 0.0923. The number of carbonyl (C=O) groups excluding carboxylic acids is 3. The smallest absolute Gasteiger partial charge is 0.310 e. The normalized spacial score (nSPS) is 27.3. The zero-order valence-electron chi connectivity index (χ0n) is 25.0. The van der Waals surface area contributed by atoms with Crippen LogP contribution in [0.1, 0.15) is 30.9 Å². The number of likely N-dealkylation sites (tertiary alicyclic amines) is 1. The molecule has 3 heterocycles. The topological polar surface area (TPSA) is 87.1 Å². The molecule has 1 spiro atoms. The van der Waals surface area contributed by atoms with Gasteiger partial charge in [-0.05, 0) is 47.7 Å². The molecule has 0 aromatic heterocycles. The quantitative estimate of drug-likeness (QED) is 0.108. The number of ether oxygens (including phenoxy) is 1. The average Bonchev–Trinajstić information content (AvgIpc) is 3.65. The first-order valence-corrected chi connectivity index (χ1v) is 17.1. The lowest BCUT2D eigenvalue weighted by Crippen LogP contribution is -2.56. The number of benzene rings is 3. The summed E-state index contributed by atoms with van der Waals surface area (Å²) in [7, 11) is 0. The van der Waals surface area contributed by atoms with Crippen molar-refractivity contribution in [1.82, 2.24) is 4.90 Å². The van der Waals surface area contributed by atoms with Crippen molar-refractivity contribution < 1.29 is 24.2 Å². The molecule has 1 N–H and O–H groups in total. The number of halogens is 1. The second kappa shape index (κ2) is 13.1. The number of hydrogen-bond donors (Lipinski definition) is 1. The fraction of sp³-hybridized carbons (Fsp3) is 0.361. The van der Waals surface area contributed by atoms with E-state index in [1.807, 2.05) is 72.8 Å². The molecule has 3 unspecified atom stereocenters. The van der Waals surface area contributed by atoms with Crippen LogP contribution in [-0.2, 0) is 19.1 Å². The van der Waals surface area contributed by atoms with Crippen molar-refractivity contribution in [2.45, 2.75) is 46.2 Å². The molecule has 9 heteroatoms. The van der Waals surface area contributed by atoms with Crippen molar-refractivity contribution in [3.63, 3.8) is 0 Å². The van der Waals surface area contributed by atoms with E-state index >= 15 is 4.79 Å². The molecule has 0 radical (unpaired) electrons. The van der Waals surface area contributed by atoms with E-state index in [0.717, 1.165) is 22.8 Å². The lowest BCUT2D eigenvalue weighted by molar-refractivity contribution is -0.154. The van der Waals surface area contributed by atoms with Gasteiger partial charge in [-0.25, -0.2) is 0 Å². The Bertz CT molecular complexity index is 1620. The van der Waals surface area contributed by atoms with Gasteiger partial charge in [-0.15, -0.1) is 24.9 Å². The summed E-state index contributed by atoms with van der Waals surface area (Å²) in [4.78, 5) is 46.7. The van der Waals surface area contributed by atoms with E-state index in [1.54, 1.807) is 33.7 Å². The number of aliphatic hydroxyl groups excluding tert-OH is 1. The molecule has 0 saturated carbocycles. The summed E-state index contributed by atoms with van der Waals surface area (Å²) >= 11 is 5.38. The number of carbonyl (C=O) groups is 3. The van der Waals surface area contributed by atoms with Crippen LogP contribution in [0.3, 0.4) is 0 Å². The maximum atomic E-state index is 15.1. The highest BCUT2D eigenvalue weighted by Gasteiger charge is 2.76. The van der Waals surface area contributed by atoms with E-state index in [2.05, 4.69) is 29.1 Å². The standard InChI is InChI=1S/C36H37BrN2O5S/c1-3-5-11-19-44-35(43)29-30-33(41)39(28(22-40)24-13-7-6-8-14-24)32(36(30)21-27(37)31(29)45-36)34(42)38(18-4-2)26-17-16-23-12-9-10-15-25(23)20-26/h3-4,6-10,12-17,20,27-32,40H,1-2,5,11,18-19,21-22H2/t27?,28-,29+,30+,31+,32?,36?/m1/s1. The minimum Gasteiger partial charge on any atom is -0.465 e. The van der Waals surface area contributed by atoms with Gasteiger partial charge in [0.2, 0.25) is 5.91 Å². The summed E-state index contributed by atoms with van der Waals surface area (Å²) in [6, 6.07) is 21.4. The van der Waals surface area contributed by atoms with Crippen LogP contribution in [0.25, 0.3) is 10.8 Å². The van der Waals surface area contributed by atoms with Gasteiger partial charge in [-0.3, -0.25) is 14.4 Å². The van der Waals surface area contributed by atoms with Crippen LogP contribution in [0.2, 0.25) is 0 Å². The van der Waals surface area contributed by atoms with E-state index in [-0.39, 0.29) is 41.6 Å². The molecule has 3 aromatic carbocycles. The highest BCUT2D eigenvalue weighted by atomic mass is 79.9. The maximum absolute atomic E-state index is 15.1. The Morgan fingerprint density at radius 3 is 2.53 bits per heavy atom. The van der Waals surface area contributed by atoms with Crippen molar-refractivity contribution in [3.8, 4) is 0 Å². The van der Waals surface area contributed by atoms with Crippen molar-refractivity contribution in [3.05, 3.63) is 104 Å². The fourth-order valence-electron chi connectivity index (χ4n) is 7.42. The largest absolute Gasteiger partial charge is 0.465 e. The van der Waals surface area contributed by atoms with Gasteiger partial charge in [-0.1, -0.05) is 88.7 Å². The predicted octanol–water partition coefficient (Wildman–Crippen LogP) is 6.07. The predicted molar refractivity (Wildman–Crippen MR) is 182 cm³/mol. The van der Waals surface area contributed by atoms with E-state index in [4.69, 9.17) is 4.74 Å². The molecular formula is C36H37BrN2O5S. The molecule has 0 aliphatic carbocycles. The second-order valence-electron chi connectivity index (χ2n) is 11.9. The molecule has 234 valence electrons. The van der Waals surface area contributed by atoms with E-state index in [0.29, 0.717) is 18.5 Å². The Labute approximate surface area is 276 Å². The summed E-state index contributed by atoms with van der Waals surface area (Å²) in [5.74, 6) is -2.44.